The first-order valence-corrected chi connectivity index (χ1v) is 14.2. The largest absolute Gasteiger partial charge is 0.505 e. The average Bonchev–Trinajstić information content (AvgIpc) is 3.23. The van der Waals surface area contributed by atoms with Crippen molar-refractivity contribution in [3.05, 3.63) is 47.0 Å². The van der Waals surface area contributed by atoms with Crippen molar-refractivity contribution in [3.8, 4) is 11.4 Å². The van der Waals surface area contributed by atoms with Gasteiger partial charge in [0.05, 0.1) is 0 Å². The Balaban J connectivity index is 1.71. The highest BCUT2D eigenvalue weighted by Gasteiger charge is 2.27. The van der Waals surface area contributed by atoms with Crippen LogP contribution in [-0.2, 0) is 20.1 Å². The summed E-state index contributed by atoms with van der Waals surface area (Å²) in [4.78, 5) is 13.9. The number of carbonyl (C=O) groups is 1. The van der Waals surface area contributed by atoms with Gasteiger partial charge in [-0.05, 0) is 73.2 Å². The van der Waals surface area contributed by atoms with Crippen LogP contribution in [0.15, 0.2) is 30.3 Å². The Hall–Kier alpha value is -2.75. The van der Waals surface area contributed by atoms with Crippen molar-refractivity contribution >= 4 is 25.5 Å². The highest BCUT2D eigenvalue weighted by Crippen LogP contribution is 2.33. The fraction of sp³-hybridized carbons (Fsp3) is 0.480. The molecular weight excluding hydrogens is 448 g/mol. The Morgan fingerprint density at radius 1 is 1.15 bits per heavy atom. The summed E-state index contributed by atoms with van der Waals surface area (Å²) >= 11 is 0. The normalized spacial score (nSPS) is 12.0. The summed E-state index contributed by atoms with van der Waals surface area (Å²) < 4.78 is 11.0. The number of fused-ring (bicyclic) bond motifs is 1. The molecule has 0 saturated carbocycles. The maximum Gasteiger partial charge on any atom is 0.334 e. The maximum atomic E-state index is 12.4. The number of benzene rings is 2. The molecule has 34 heavy (non-hydrogen) atoms. The number of nitrogens with zero attached hydrogens (tertiary/aromatic N) is 3. The van der Waals surface area contributed by atoms with Gasteiger partial charge in [-0.15, -0.1) is 15.0 Å². The number of aromatic hydroxyl groups is 1. The zero-order valence-corrected chi connectivity index (χ0v) is 22.0. The van der Waals surface area contributed by atoms with Crippen LogP contribution in [0.1, 0.15) is 49.3 Å². The van der Waals surface area contributed by atoms with E-state index in [1.54, 1.807) is 14.2 Å². The topological polar surface area (TPSA) is 98.5 Å². The molecule has 1 aromatic heterocycles. The second-order valence-corrected chi connectivity index (χ2v) is 12.8. The summed E-state index contributed by atoms with van der Waals surface area (Å²) in [5.41, 5.74) is 4.94. The molecule has 0 spiro atoms. The number of phenolic OH excluding ortho intramolecular Hbond substituents is 1. The van der Waals surface area contributed by atoms with Crippen LogP contribution in [0.4, 0.5) is 0 Å². The lowest BCUT2D eigenvalue weighted by molar-refractivity contribution is -0.121. The highest BCUT2D eigenvalue weighted by atomic mass is 28.4. The minimum Gasteiger partial charge on any atom is -0.505 e. The molecule has 9 heteroatoms. The van der Waals surface area contributed by atoms with Gasteiger partial charge in [0.2, 0.25) is 5.91 Å². The predicted octanol–water partition coefficient (Wildman–Crippen LogP) is 4.36. The van der Waals surface area contributed by atoms with Crippen LogP contribution in [0.3, 0.4) is 0 Å². The molecule has 0 atom stereocenters. The second kappa shape index (κ2) is 11.1. The van der Waals surface area contributed by atoms with E-state index < -0.39 is 8.56 Å². The summed E-state index contributed by atoms with van der Waals surface area (Å²) in [6.45, 7) is 8.68. The molecule has 0 aliphatic carbocycles. The first-order chi connectivity index (χ1) is 16.2. The molecule has 184 valence electrons. The van der Waals surface area contributed by atoms with Gasteiger partial charge in [0.1, 0.15) is 22.5 Å². The lowest BCUT2D eigenvalue weighted by Crippen LogP contribution is -2.37. The Labute approximate surface area is 202 Å². The molecule has 0 radical (unpaired) electrons. The van der Waals surface area contributed by atoms with Crippen LogP contribution >= 0.6 is 0 Å². The molecule has 2 aromatic carbocycles. The van der Waals surface area contributed by atoms with E-state index in [0.29, 0.717) is 25.1 Å². The van der Waals surface area contributed by atoms with Crippen molar-refractivity contribution in [2.45, 2.75) is 58.5 Å². The molecule has 3 rings (SSSR count). The van der Waals surface area contributed by atoms with Gasteiger partial charge >= 0.3 is 8.56 Å². The maximum absolute atomic E-state index is 12.4. The summed E-state index contributed by atoms with van der Waals surface area (Å²) in [5.74, 6) is 0.279. The molecule has 0 fully saturated rings. The van der Waals surface area contributed by atoms with Crippen molar-refractivity contribution in [1.82, 2.24) is 20.3 Å². The van der Waals surface area contributed by atoms with Crippen molar-refractivity contribution in [2.75, 3.05) is 20.8 Å². The SMILES string of the molecule is CO[Si](C)(CCCNC(=O)CCc1cc(C(C)C)c(O)c(-n2nc3ccc(C)cc3n2)c1)OC. The molecule has 1 amide bonds. The molecule has 0 aliphatic rings. The molecular formula is C25H36N4O4Si. The van der Waals surface area contributed by atoms with E-state index in [-0.39, 0.29) is 17.6 Å². The van der Waals surface area contributed by atoms with Crippen molar-refractivity contribution in [3.63, 3.8) is 0 Å². The van der Waals surface area contributed by atoms with Crippen LogP contribution in [0, 0.1) is 6.92 Å². The standard InChI is InChI=1S/C25H36N4O4Si/c1-17(2)20-15-19(9-11-24(30)26-12-7-13-34(6,32-4)33-5)16-23(25(20)31)29-27-21-10-8-18(3)14-22(21)28-29/h8,10,14-17,31H,7,9,11-13H2,1-6H3,(H,26,30). The number of hydrogen-bond acceptors (Lipinski definition) is 6. The van der Waals surface area contributed by atoms with Gasteiger partial charge < -0.3 is 19.3 Å². The summed E-state index contributed by atoms with van der Waals surface area (Å²) in [7, 11) is 1.24. The lowest BCUT2D eigenvalue weighted by Gasteiger charge is -2.22. The monoisotopic (exact) mass is 484 g/mol. The molecule has 3 aromatic rings. The zero-order valence-electron chi connectivity index (χ0n) is 21.0. The highest BCUT2D eigenvalue weighted by molar-refractivity contribution is 6.65. The van der Waals surface area contributed by atoms with Crippen LogP contribution in [0.25, 0.3) is 16.7 Å². The quantitative estimate of drug-likeness (QED) is 0.310. The summed E-state index contributed by atoms with van der Waals surface area (Å²) in [5, 5.41) is 23.1. The number of phenols is 1. The smallest absolute Gasteiger partial charge is 0.334 e. The summed E-state index contributed by atoms with van der Waals surface area (Å²) in [6, 6.07) is 10.5. The minimum atomic E-state index is -2.11. The third-order valence-electron chi connectivity index (χ3n) is 6.19. The van der Waals surface area contributed by atoms with Gasteiger partial charge in [-0.3, -0.25) is 4.79 Å². The van der Waals surface area contributed by atoms with E-state index >= 15 is 0 Å². The Morgan fingerprint density at radius 2 is 1.85 bits per heavy atom. The van der Waals surface area contributed by atoms with E-state index in [0.717, 1.165) is 40.2 Å². The lowest BCUT2D eigenvalue weighted by atomic mass is 9.96. The van der Waals surface area contributed by atoms with Gasteiger partial charge in [-0.1, -0.05) is 26.0 Å². The number of aryl methyl sites for hydroxylation is 2. The summed E-state index contributed by atoms with van der Waals surface area (Å²) in [6.07, 6.45) is 1.73. The van der Waals surface area contributed by atoms with Crippen molar-refractivity contribution < 1.29 is 18.8 Å². The van der Waals surface area contributed by atoms with E-state index in [4.69, 9.17) is 8.85 Å². The van der Waals surface area contributed by atoms with E-state index in [9.17, 15) is 9.90 Å². The zero-order chi connectivity index (χ0) is 24.9. The molecule has 0 unspecified atom stereocenters. The Bertz CT molecular complexity index is 1140. The molecule has 1 heterocycles. The second-order valence-electron chi connectivity index (χ2n) is 9.18. The van der Waals surface area contributed by atoms with Crippen LogP contribution in [0.5, 0.6) is 5.75 Å². The van der Waals surface area contributed by atoms with Gasteiger partial charge in [0.25, 0.3) is 0 Å². The van der Waals surface area contributed by atoms with E-state index in [1.165, 1.54) is 4.80 Å². The molecule has 0 saturated heterocycles. The fourth-order valence-corrected chi connectivity index (χ4v) is 5.24. The first kappa shape index (κ1) is 25.9. The van der Waals surface area contributed by atoms with Crippen molar-refractivity contribution in [2.24, 2.45) is 0 Å². The van der Waals surface area contributed by atoms with Crippen LogP contribution in [0.2, 0.25) is 12.6 Å². The molecule has 2 N–H and O–H groups in total. The van der Waals surface area contributed by atoms with Crippen LogP contribution in [-0.4, -0.2) is 55.3 Å². The predicted molar refractivity (Wildman–Crippen MR) is 136 cm³/mol. The van der Waals surface area contributed by atoms with Gasteiger partial charge in [-0.2, -0.15) is 0 Å². The van der Waals surface area contributed by atoms with Gasteiger partial charge in [0.15, 0.2) is 0 Å². The number of hydrogen-bond donors (Lipinski definition) is 2. The number of nitrogens with one attached hydrogen (secondary N) is 1. The average molecular weight is 485 g/mol. The minimum absolute atomic E-state index is 0.00245. The van der Waals surface area contributed by atoms with Gasteiger partial charge in [0, 0.05) is 27.2 Å². The van der Waals surface area contributed by atoms with Crippen molar-refractivity contribution in [1.29, 1.82) is 0 Å². The number of carbonyl (C=O) groups excluding carboxylic acids is 1. The van der Waals surface area contributed by atoms with E-state index in [2.05, 4.69) is 15.5 Å². The number of rotatable bonds is 11. The Morgan fingerprint density at radius 3 is 2.53 bits per heavy atom. The number of amides is 1. The number of aromatic nitrogens is 3. The van der Waals surface area contributed by atoms with Crippen LogP contribution < -0.4 is 5.32 Å². The third-order valence-corrected chi connectivity index (χ3v) is 9.18. The van der Waals surface area contributed by atoms with Gasteiger partial charge in [-0.25, -0.2) is 0 Å². The van der Waals surface area contributed by atoms with E-state index in [1.807, 2.05) is 57.7 Å². The molecule has 8 nitrogen and oxygen atoms in total. The third kappa shape index (κ3) is 6.22. The molecule has 0 bridgehead atoms. The fourth-order valence-electron chi connectivity index (χ4n) is 3.84. The molecule has 0 aliphatic heterocycles. The first-order valence-electron chi connectivity index (χ1n) is 11.7. The Kier molecular flexibility index (Phi) is 8.45.